The number of primary amides is 1. The molecular formula is C30H46N6O8S. The fraction of sp³-hybridized carbons (Fsp3) is 0.633. The molecule has 0 radical (unpaired) electrons. The summed E-state index contributed by atoms with van der Waals surface area (Å²) >= 11 is 0. The van der Waals surface area contributed by atoms with Gasteiger partial charge in [-0.1, -0.05) is 30.3 Å². The van der Waals surface area contributed by atoms with Crippen molar-refractivity contribution in [1.82, 2.24) is 14.2 Å². The molecule has 4 N–H and O–H groups in total. The third-order valence-corrected chi connectivity index (χ3v) is 9.16. The first-order valence-corrected chi connectivity index (χ1v) is 17.1. The SMILES string of the molecule is CC(C)OC(=O)OCCCC(=O)N=CC1CC(CN([C@H](Cc2ccccc2)C(=O)N2CCC[C@H]2C(N)=O)S(C)(=O)=O)CCN1N. The molecule has 0 bridgehead atoms. The van der Waals surface area contributed by atoms with Crippen molar-refractivity contribution in [3.05, 3.63) is 35.9 Å². The highest BCUT2D eigenvalue weighted by molar-refractivity contribution is 7.88. The van der Waals surface area contributed by atoms with Gasteiger partial charge in [-0.25, -0.2) is 23.2 Å². The first-order valence-electron chi connectivity index (χ1n) is 15.3. The summed E-state index contributed by atoms with van der Waals surface area (Å²) in [5.74, 6) is 4.53. The number of piperidine rings is 1. The molecule has 2 unspecified atom stereocenters. The smallest absolute Gasteiger partial charge is 0.434 e. The van der Waals surface area contributed by atoms with E-state index in [9.17, 15) is 27.6 Å². The first kappa shape index (κ1) is 36.1. The Bertz CT molecular complexity index is 1310. The van der Waals surface area contributed by atoms with Gasteiger partial charge in [0.15, 0.2) is 0 Å². The van der Waals surface area contributed by atoms with E-state index in [1.807, 2.05) is 30.3 Å². The van der Waals surface area contributed by atoms with Gasteiger partial charge >= 0.3 is 6.16 Å². The second kappa shape index (κ2) is 16.8. The van der Waals surface area contributed by atoms with Crippen LogP contribution in [0.5, 0.6) is 0 Å². The number of carbonyl (C=O) groups is 4. The maximum absolute atomic E-state index is 14.0. The molecule has 2 saturated heterocycles. The topological polar surface area (TPSA) is 195 Å². The highest BCUT2D eigenvalue weighted by atomic mass is 32.2. The van der Waals surface area contributed by atoms with Crippen LogP contribution in [0.4, 0.5) is 4.79 Å². The first-order chi connectivity index (χ1) is 21.3. The highest BCUT2D eigenvalue weighted by Crippen LogP contribution is 2.27. The Hall–Kier alpha value is -3.40. The van der Waals surface area contributed by atoms with Crippen LogP contribution in [0.2, 0.25) is 0 Å². The monoisotopic (exact) mass is 650 g/mol. The molecule has 3 rings (SSSR count). The maximum Gasteiger partial charge on any atom is 0.508 e. The van der Waals surface area contributed by atoms with E-state index in [0.717, 1.165) is 11.8 Å². The van der Waals surface area contributed by atoms with Crippen LogP contribution >= 0.6 is 0 Å². The number of hydrazine groups is 1. The Labute approximate surface area is 265 Å². The second-order valence-corrected chi connectivity index (χ2v) is 13.8. The molecule has 3 amide bonds. The van der Waals surface area contributed by atoms with Crippen LogP contribution in [-0.2, 0) is 40.3 Å². The van der Waals surface area contributed by atoms with E-state index in [4.69, 9.17) is 21.1 Å². The van der Waals surface area contributed by atoms with E-state index in [1.165, 1.54) is 15.4 Å². The van der Waals surface area contributed by atoms with Crippen LogP contribution in [0, 0.1) is 5.92 Å². The van der Waals surface area contributed by atoms with Crippen LogP contribution in [0.3, 0.4) is 0 Å². The average molecular weight is 651 g/mol. The summed E-state index contributed by atoms with van der Waals surface area (Å²) in [4.78, 5) is 55.3. The van der Waals surface area contributed by atoms with E-state index in [2.05, 4.69) is 4.99 Å². The molecule has 0 aliphatic carbocycles. The molecule has 2 aliphatic heterocycles. The van der Waals surface area contributed by atoms with Gasteiger partial charge in [0.05, 0.1) is 25.0 Å². The molecular weight excluding hydrogens is 604 g/mol. The van der Waals surface area contributed by atoms with E-state index in [-0.39, 0.29) is 44.4 Å². The minimum Gasteiger partial charge on any atom is -0.434 e. The largest absolute Gasteiger partial charge is 0.508 e. The molecule has 0 spiro atoms. The number of aliphatic imine (C=N–C) groups is 1. The van der Waals surface area contributed by atoms with Gasteiger partial charge in [-0.15, -0.1) is 0 Å². The molecule has 14 nitrogen and oxygen atoms in total. The van der Waals surface area contributed by atoms with E-state index >= 15 is 0 Å². The number of hydrogen-bond acceptors (Lipinski definition) is 10. The third kappa shape index (κ3) is 11.2. The summed E-state index contributed by atoms with van der Waals surface area (Å²) in [5, 5.41) is 1.55. The van der Waals surface area contributed by atoms with Crippen molar-refractivity contribution in [2.24, 2.45) is 22.5 Å². The lowest BCUT2D eigenvalue weighted by atomic mass is 9.91. The van der Waals surface area contributed by atoms with Gasteiger partial charge in [0.25, 0.3) is 0 Å². The number of nitrogens with zero attached hydrogens (tertiary/aromatic N) is 4. The number of amides is 3. The number of rotatable bonds is 14. The van der Waals surface area contributed by atoms with Crippen LogP contribution in [0.25, 0.3) is 0 Å². The Balaban J connectivity index is 1.71. The second-order valence-electron chi connectivity index (χ2n) is 11.9. The molecule has 250 valence electrons. The Morgan fingerprint density at radius 2 is 1.84 bits per heavy atom. The summed E-state index contributed by atoms with van der Waals surface area (Å²) in [5.41, 5.74) is 6.37. The van der Waals surface area contributed by atoms with Gasteiger partial charge in [-0.2, -0.15) is 4.31 Å². The summed E-state index contributed by atoms with van der Waals surface area (Å²) in [6.45, 7) is 4.21. The average Bonchev–Trinajstić information content (AvgIpc) is 3.47. The van der Waals surface area contributed by atoms with Crippen LogP contribution in [-0.4, -0.2) is 109 Å². The van der Waals surface area contributed by atoms with E-state index in [0.29, 0.717) is 38.8 Å². The van der Waals surface area contributed by atoms with Gasteiger partial charge in [0, 0.05) is 32.3 Å². The predicted molar refractivity (Wildman–Crippen MR) is 167 cm³/mol. The summed E-state index contributed by atoms with van der Waals surface area (Å²) in [6.07, 6.45) is 3.90. The lowest BCUT2D eigenvalue weighted by molar-refractivity contribution is -0.140. The number of ether oxygens (including phenoxy) is 2. The zero-order valence-corrected chi connectivity index (χ0v) is 27.1. The third-order valence-electron chi connectivity index (χ3n) is 7.91. The van der Waals surface area contributed by atoms with Crippen molar-refractivity contribution >= 4 is 40.1 Å². The van der Waals surface area contributed by atoms with Crippen molar-refractivity contribution in [3.63, 3.8) is 0 Å². The molecule has 45 heavy (non-hydrogen) atoms. The van der Waals surface area contributed by atoms with Gasteiger partial charge in [0.1, 0.15) is 12.1 Å². The molecule has 1 aromatic carbocycles. The molecule has 2 heterocycles. The van der Waals surface area contributed by atoms with Crippen molar-refractivity contribution in [1.29, 1.82) is 0 Å². The molecule has 2 fully saturated rings. The quantitative estimate of drug-likeness (QED) is 0.128. The number of benzene rings is 1. The number of nitrogens with two attached hydrogens (primary N) is 2. The van der Waals surface area contributed by atoms with E-state index < -0.39 is 52.0 Å². The van der Waals surface area contributed by atoms with Gasteiger partial charge < -0.3 is 20.1 Å². The molecule has 1 aromatic rings. The normalized spacial score (nSPS) is 21.7. The maximum atomic E-state index is 14.0. The zero-order chi connectivity index (χ0) is 33.1. The molecule has 15 heteroatoms. The number of hydrogen-bond donors (Lipinski definition) is 2. The van der Waals surface area contributed by atoms with Crippen molar-refractivity contribution in [3.8, 4) is 0 Å². The van der Waals surface area contributed by atoms with Crippen molar-refractivity contribution in [2.45, 2.75) is 83.0 Å². The Kier molecular flexibility index (Phi) is 13.4. The van der Waals surface area contributed by atoms with Crippen molar-refractivity contribution < 1.29 is 37.1 Å². The molecule has 4 atom stereocenters. The molecule has 0 aromatic heterocycles. The zero-order valence-electron chi connectivity index (χ0n) is 26.2. The van der Waals surface area contributed by atoms with Gasteiger partial charge in [-0.05, 0) is 63.9 Å². The Morgan fingerprint density at radius 3 is 2.49 bits per heavy atom. The van der Waals surface area contributed by atoms with E-state index in [1.54, 1.807) is 18.9 Å². The summed E-state index contributed by atoms with van der Waals surface area (Å²) < 4.78 is 37.6. The van der Waals surface area contributed by atoms with Crippen LogP contribution < -0.4 is 11.6 Å². The Morgan fingerprint density at radius 1 is 1.13 bits per heavy atom. The van der Waals surface area contributed by atoms with Crippen molar-refractivity contribution in [2.75, 3.05) is 32.5 Å². The molecule has 0 saturated carbocycles. The number of sulfonamides is 1. The lowest BCUT2D eigenvalue weighted by Crippen LogP contribution is -2.57. The number of carbonyl (C=O) groups excluding carboxylic acids is 4. The highest BCUT2D eigenvalue weighted by Gasteiger charge is 2.42. The van der Waals surface area contributed by atoms with Crippen LogP contribution in [0.1, 0.15) is 57.9 Å². The van der Waals surface area contributed by atoms with Gasteiger partial charge in [0.2, 0.25) is 27.7 Å². The van der Waals surface area contributed by atoms with Crippen LogP contribution in [0.15, 0.2) is 35.3 Å². The lowest BCUT2D eigenvalue weighted by Gasteiger charge is -2.39. The summed E-state index contributed by atoms with van der Waals surface area (Å²) in [7, 11) is -3.89. The fourth-order valence-corrected chi connectivity index (χ4v) is 6.77. The summed E-state index contributed by atoms with van der Waals surface area (Å²) in [6, 6.07) is 6.84. The molecule has 2 aliphatic rings. The van der Waals surface area contributed by atoms with Gasteiger partial charge in [-0.3, -0.25) is 20.2 Å². The minimum atomic E-state index is -3.89. The predicted octanol–water partition coefficient (Wildman–Crippen LogP) is 1.23. The standard InChI is InChI=1S/C30H46N6O8S/c1-21(2)44-30(40)43-16-8-12-27(37)33-19-24-17-23(13-15-35(24)32)20-36(45(3,41)42)26(18-22-9-5-4-6-10-22)29(39)34-14-7-11-25(34)28(31)38/h4-6,9-10,19,21,23-26H,7-8,11-18,20,32H2,1-3H3,(H2,31,38)/t23?,24?,25-,26+/m0/s1. The minimum absolute atomic E-state index is 0.0170. The fourth-order valence-electron chi connectivity index (χ4n) is 5.66. The number of likely N-dealkylation sites (tertiary alicyclic amines) is 1.